The molecule has 17 heavy (non-hydrogen) atoms. The number of hydrogen-bond acceptors (Lipinski definition) is 2. The largest absolute Gasteiger partial charge is 0.466 e. The number of ether oxygens (including phenoxy) is 1. The summed E-state index contributed by atoms with van der Waals surface area (Å²) in [5.74, 6) is -0.240. The molecule has 0 N–H and O–H groups in total. The Morgan fingerprint density at radius 2 is 1.71 bits per heavy atom. The lowest BCUT2D eigenvalue weighted by molar-refractivity contribution is -0.145. The zero-order chi connectivity index (χ0) is 13.0. The van der Waals surface area contributed by atoms with E-state index in [0.717, 1.165) is 12.0 Å². The molecule has 94 valence electrons. The van der Waals surface area contributed by atoms with Gasteiger partial charge >= 0.3 is 5.97 Å². The van der Waals surface area contributed by atoms with Crippen molar-refractivity contribution in [3.8, 4) is 0 Å². The van der Waals surface area contributed by atoms with Gasteiger partial charge in [0, 0.05) is 0 Å². The fraction of sp³-hybridized carbons (Fsp3) is 0.533. The van der Waals surface area contributed by atoms with Crippen molar-refractivity contribution in [2.24, 2.45) is 0 Å². The monoisotopic (exact) mass is 234 g/mol. The highest BCUT2D eigenvalue weighted by molar-refractivity contribution is 5.78. The Balaban J connectivity index is 3.12. The highest BCUT2D eigenvalue weighted by Gasteiger charge is 2.22. The molecule has 1 atom stereocenters. The normalized spacial score (nSPS) is 12.3. The van der Waals surface area contributed by atoms with Crippen molar-refractivity contribution < 1.29 is 9.53 Å². The van der Waals surface area contributed by atoms with Gasteiger partial charge in [0.25, 0.3) is 0 Å². The van der Waals surface area contributed by atoms with Crippen LogP contribution in [0.25, 0.3) is 0 Å². The second-order valence-corrected chi connectivity index (χ2v) is 4.51. The van der Waals surface area contributed by atoms with Crippen LogP contribution in [-0.2, 0) is 9.53 Å². The molecule has 0 amide bonds. The molecule has 0 aliphatic heterocycles. The number of carbonyl (C=O) groups is 1. The maximum absolute atomic E-state index is 11.9. The first-order chi connectivity index (χ1) is 8.01. The van der Waals surface area contributed by atoms with Crippen LogP contribution in [0.3, 0.4) is 0 Å². The third-order valence-corrected chi connectivity index (χ3v) is 3.24. The molecular weight excluding hydrogens is 212 g/mol. The van der Waals surface area contributed by atoms with E-state index in [4.69, 9.17) is 4.74 Å². The van der Waals surface area contributed by atoms with E-state index < -0.39 is 0 Å². The Morgan fingerprint density at radius 1 is 1.12 bits per heavy atom. The van der Waals surface area contributed by atoms with E-state index in [1.165, 1.54) is 16.7 Å². The summed E-state index contributed by atoms with van der Waals surface area (Å²) in [6.45, 7) is 10.5. The Kier molecular flexibility index (Phi) is 4.73. The van der Waals surface area contributed by atoms with Crippen LogP contribution in [0.4, 0.5) is 0 Å². The van der Waals surface area contributed by atoms with Gasteiger partial charge in [0.05, 0.1) is 12.5 Å². The Bertz CT molecular complexity index is 408. The van der Waals surface area contributed by atoms with Gasteiger partial charge in [0.2, 0.25) is 0 Å². The maximum atomic E-state index is 11.9. The van der Waals surface area contributed by atoms with Gasteiger partial charge in [-0.25, -0.2) is 0 Å². The topological polar surface area (TPSA) is 26.3 Å². The number of rotatable bonds is 4. The SMILES string of the molecule is CCOC(=O)C(CC)c1cc(C)c(C)cc1C. The van der Waals surface area contributed by atoms with Crippen molar-refractivity contribution in [1.29, 1.82) is 0 Å². The lowest BCUT2D eigenvalue weighted by Crippen LogP contribution is -2.16. The lowest BCUT2D eigenvalue weighted by Gasteiger charge is -2.18. The van der Waals surface area contributed by atoms with Crippen LogP contribution in [0.15, 0.2) is 12.1 Å². The highest BCUT2D eigenvalue weighted by atomic mass is 16.5. The van der Waals surface area contributed by atoms with Gasteiger partial charge in [0.1, 0.15) is 0 Å². The van der Waals surface area contributed by atoms with Gasteiger partial charge < -0.3 is 4.74 Å². The molecular formula is C15H22O2. The van der Waals surface area contributed by atoms with E-state index in [9.17, 15) is 4.79 Å². The molecule has 0 heterocycles. The zero-order valence-electron chi connectivity index (χ0n) is 11.5. The summed E-state index contributed by atoms with van der Waals surface area (Å²) in [5.41, 5.74) is 4.78. The first-order valence-electron chi connectivity index (χ1n) is 6.25. The molecule has 0 fully saturated rings. The Hall–Kier alpha value is -1.31. The molecule has 0 radical (unpaired) electrons. The van der Waals surface area contributed by atoms with Crippen LogP contribution in [0.1, 0.15) is 48.4 Å². The minimum Gasteiger partial charge on any atom is -0.466 e. The first kappa shape index (κ1) is 13.8. The van der Waals surface area contributed by atoms with Crippen LogP contribution in [0, 0.1) is 20.8 Å². The molecule has 0 aromatic heterocycles. The van der Waals surface area contributed by atoms with E-state index in [2.05, 4.69) is 32.9 Å². The molecule has 1 rings (SSSR count). The average molecular weight is 234 g/mol. The van der Waals surface area contributed by atoms with Gasteiger partial charge in [-0.1, -0.05) is 19.1 Å². The molecule has 1 aromatic carbocycles. The van der Waals surface area contributed by atoms with E-state index in [1.807, 2.05) is 13.8 Å². The molecule has 2 nitrogen and oxygen atoms in total. The zero-order valence-corrected chi connectivity index (χ0v) is 11.5. The van der Waals surface area contributed by atoms with Crippen molar-refractivity contribution >= 4 is 5.97 Å². The summed E-state index contributed by atoms with van der Waals surface area (Å²) in [7, 11) is 0. The third kappa shape index (κ3) is 3.09. The number of benzene rings is 1. The summed E-state index contributed by atoms with van der Waals surface area (Å²) in [5, 5.41) is 0. The number of esters is 1. The highest BCUT2D eigenvalue weighted by Crippen LogP contribution is 2.27. The number of carbonyl (C=O) groups excluding carboxylic acids is 1. The van der Waals surface area contributed by atoms with Gasteiger partial charge in [-0.2, -0.15) is 0 Å². The summed E-state index contributed by atoms with van der Waals surface area (Å²) in [6, 6.07) is 4.27. The molecule has 0 aliphatic carbocycles. The van der Waals surface area contributed by atoms with E-state index in [-0.39, 0.29) is 11.9 Å². The van der Waals surface area contributed by atoms with Gasteiger partial charge in [-0.05, 0) is 56.4 Å². The van der Waals surface area contributed by atoms with Crippen LogP contribution in [0.2, 0.25) is 0 Å². The molecule has 0 saturated carbocycles. The van der Waals surface area contributed by atoms with Crippen molar-refractivity contribution in [2.45, 2.75) is 47.0 Å². The molecule has 2 heteroatoms. The fourth-order valence-electron chi connectivity index (χ4n) is 2.11. The third-order valence-electron chi connectivity index (χ3n) is 3.24. The van der Waals surface area contributed by atoms with E-state index in [0.29, 0.717) is 6.61 Å². The van der Waals surface area contributed by atoms with Crippen molar-refractivity contribution in [2.75, 3.05) is 6.61 Å². The Labute approximate surface area is 104 Å². The number of hydrogen-bond donors (Lipinski definition) is 0. The Morgan fingerprint density at radius 3 is 2.24 bits per heavy atom. The van der Waals surface area contributed by atoms with Crippen molar-refractivity contribution in [3.05, 3.63) is 34.4 Å². The standard InChI is InChI=1S/C15H22O2/c1-6-13(15(16)17-7-2)14-9-11(4)10(3)8-12(14)5/h8-9,13H,6-7H2,1-5H3. The quantitative estimate of drug-likeness (QED) is 0.743. The summed E-state index contributed by atoms with van der Waals surface area (Å²) in [6.07, 6.45) is 0.780. The predicted molar refractivity (Wildman–Crippen MR) is 70.3 cm³/mol. The molecule has 1 unspecified atom stereocenters. The summed E-state index contributed by atoms with van der Waals surface area (Å²) in [4.78, 5) is 11.9. The van der Waals surface area contributed by atoms with Crippen LogP contribution in [-0.4, -0.2) is 12.6 Å². The average Bonchev–Trinajstić information content (AvgIpc) is 2.26. The molecule has 0 spiro atoms. The van der Waals surface area contributed by atoms with Crippen molar-refractivity contribution in [3.63, 3.8) is 0 Å². The summed E-state index contributed by atoms with van der Waals surface area (Å²) >= 11 is 0. The minimum absolute atomic E-state index is 0.110. The van der Waals surface area contributed by atoms with Crippen LogP contribution < -0.4 is 0 Å². The minimum atomic E-state index is -0.130. The molecule has 0 aliphatic rings. The first-order valence-corrected chi connectivity index (χ1v) is 6.25. The van der Waals surface area contributed by atoms with E-state index in [1.54, 1.807) is 0 Å². The maximum Gasteiger partial charge on any atom is 0.313 e. The van der Waals surface area contributed by atoms with Gasteiger partial charge in [0.15, 0.2) is 0 Å². The smallest absolute Gasteiger partial charge is 0.313 e. The van der Waals surface area contributed by atoms with Crippen molar-refractivity contribution in [1.82, 2.24) is 0 Å². The lowest BCUT2D eigenvalue weighted by atomic mass is 9.89. The number of aryl methyl sites for hydroxylation is 3. The molecule has 1 aromatic rings. The van der Waals surface area contributed by atoms with Gasteiger partial charge in [-0.15, -0.1) is 0 Å². The molecule has 0 bridgehead atoms. The van der Waals surface area contributed by atoms with Crippen LogP contribution >= 0.6 is 0 Å². The van der Waals surface area contributed by atoms with E-state index >= 15 is 0 Å². The fourth-order valence-corrected chi connectivity index (χ4v) is 2.11. The second-order valence-electron chi connectivity index (χ2n) is 4.51. The van der Waals surface area contributed by atoms with Gasteiger partial charge in [-0.3, -0.25) is 4.79 Å². The van der Waals surface area contributed by atoms with Crippen LogP contribution in [0.5, 0.6) is 0 Å². The molecule has 0 saturated heterocycles. The summed E-state index contributed by atoms with van der Waals surface area (Å²) < 4.78 is 5.14. The predicted octanol–water partition coefficient (Wildman–Crippen LogP) is 3.67. The second kappa shape index (κ2) is 5.85.